The maximum absolute atomic E-state index is 11.0. The first-order valence-corrected chi connectivity index (χ1v) is 5.92. The van der Waals surface area contributed by atoms with Crippen molar-refractivity contribution in [3.05, 3.63) is 34.3 Å². The minimum absolute atomic E-state index is 0.0429. The number of carboxylic acid groups (broad SMARTS) is 1. The number of rotatable bonds is 3. The van der Waals surface area contributed by atoms with E-state index in [-0.39, 0.29) is 12.0 Å². The summed E-state index contributed by atoms with van der Waals surface area (Å²) < 4.78 is 1.03. The average Bonchev–Trinajstić information content (AvgIpc) is 2.69. The van der Waals surface area contributed by atoms with Gasteiger partial charge in [-0.05, 0) is 24.1 Å². The molecule has 1 aromatic rings. The lowest BCUT2D eigenvalue weighted by molar-refractivity contribution is -0.141. The molecule has 1 heterocycles. The summed E-state index contributed by atoms with van der Waals surface area (Å²) in [5.41, 5.74) is 7.04. The van der Waals surface area contributed by atoms with Crippen LogP contribution < -0.4 is 10.9 Å². The normalized spacial score (nSPS) is 24.6. The Morgan fingerprint density at radius 3 is 2.75 bits per heavy atom. The highest BCUT2D eigenvalue weighted by atomic mass is 79.9. The number of carbonyl (C=O) groups is 1. The molecule has 1 fully saturated rings. The average molecular weight is 285 g/mol. The van der Waals surface area contributed by atoms with E-state index in [4.69, 9.17) is 5.11 Å². The number of aliphatic carboxylic acids is 1. The van der Waals surface area contributed by atoms with Crippen LogP contribution in [0.2, 0.25) is 0 Å². The Balaban J connectivity index is 2.03. The molecule has 5 heteroatoms. The zero-order valence-electron chi connectivity index (χ0n) is 8.61. The van der Waals surface area contributed by atoms with Gasteiger partial charge in [-0.25, -0.2) is 0 Å². The van der Waals surface area contributed by atoms with Gasteiger partial charge in [-0.3, -0.25) is 15.6 Å². The molecule has 0 aromatic heterocycles. The van der Waals surface area contributed by atoms with E-state index in [1.807, 2.05) is 24.3 Å². The molecule has 0 spiro atoms. The third-order valence-corrected chi connectivity index (χ3v) is 3.31. The fourth-order valence-electron chi connectivity index (χ4n) is 1.87. The van der Waals surface area contributed by atoms with Gasteiger partial charge in [-0.1, -0.05) is 28.1 Å². The molecule has 1 aromatic carbocycles. The minimum Gasteiger partial charge on any atom is -0.481 e. The van der Waals surface area contributed by atoms with Crippen LogP contribution in [0, 0.1) is 5.92 Å². The quantitative estimate of drug-likeness (QED) is 0.780. The molecule has 2 rings (SSSR count). The molecule has 4 nitrogen and oxygen atoms in total. The highest BCUT2D eigenvalue weighted by Gasteiger charge is 2.32. The van der Waals surface area contributed by atoms with E-state index in [1.165, 1.54) is 0 Å². The second-order valence-corrected chi connectivity index (χ2v) is 4.82. The van der Waals surface area contributed by atoms with Crippen molar-refractivity contribution in [2.75, 3.05) is 6.54 Å². The van der Waals surface area contributed by atoms with E-state index in [9.17, 15) is 4.79 Å². The summed E-state index contributed by atoms with van der Waals surface area (Å²) >= 11 is 3.37. The monoisotopic (exact) mass is 284 g/mol. The standard InChI is InChI=1S/C11H13BrN2O2/c12-8-3-1-7(2-4-8)5-10-9(11(15)16)6-13-14-10/h1-4,9-10,13-14H,5-6H2,(H,15,16). The Morgan fingerprint density at radius 1 is 1.44 bits per heavy atom. The number of hydrogen-bond acceptors (Lipinski definition) is 3. The van der Waals surface area contributed by atoms with Crippen molar-refractivity contribution in [3.63, 3.8) is 0 Å². The van der Waals surface area contributed by atoms with E-state index < -0.39 is 5.97 Å². The second-order valence-electron chi connectivity index (χ2n) is 3.91. The topological polar surface area (TPSA) is 61.4 Å². The maximum Gasteiger partial charge on any atom is 0.309 e. The first-order valence-electron chi connectivity index (χ1n) is 5.12. The Bertz CT molecular complexity index is 380. The van der Waals surface area contributed by atoms with Gasteiger partial charge in [0.15, 0.2) is 0 Å². The molecule has 0 bridgehead atoms. The molecule has 0 saturated carbocycles. The van der Waals surface area contributed by atoms with Crippen molar-refractivity contribution in [2.24, 2.45) is 5.92 Å². The zero-order chi connectivity index (χ0) is 11.5. The van der Waals surface area contributed by atoms with Crippen molar-refractivity contribution in [1.82, 2.24) is 10.9 Å². The summed E-state index contributed by atoms with van der Waals surface area (Å²) in [5.74, 6) is -1.11. The highest BCUT2D eigenvalue weighted by molar-refractivity contribution is 9.10. The Labute approximate surface area is 102 Å². The lowest BCUT2D eigenvalue weighted by atomic mass is 9.96. The van der Waals surface area contributed by atoms with Gasteiger partial charge in [0.1, 0.15) is 0 Å². The van der Waals surface area contributed by atoms with E-state index in [1.54, 1.807) is 0 Å². The van der Waals surface area contributed by atoms with Gasteiger partial charge < -0.3 is 5.11 Å². The fraction of sp³-hybridized carbons (Fsp3) is 0.364. The fourth-order valence-corrected chi connectivity index (χ4v) is 2.13. The second kappa shape index (κ2) is 4.95. The van der Waals surface area contributed by atoms with Crippen LogP contribution in [0.3, 0.4) is 0 Å². The van der Waals surface area contributed by atoms with Gasteiger partial charge in [-0.15, -0.1) is 0 Å². The molecule has 3 N–H and O–H groups in total. The van der Waals surface area contributed by atoms with Crippen LogP contribution in [0.1, 0.15) is 5.56 Å². The van der Waals surface area contributed by atoms with E-state index >= 15 is 0 Å². The van der Waals surface area contributed by atoms with Gasteiger partial charge in [0.05, 0.1) is 5.92 Å². The molecule has 0 radical (unpaired) electrons. The molecule has 1 aliphatic rings. The van der Waals surface area contributed by atoms with Crippen LogP contribution >= 0.6 is 15.9 Å². The van der Waals surface area contributed by atoms with Crippen LogP contribution in [-0.2, 0) is 11.2 Å². The molecule has 2 atom stereocenters. The van der Waals surface area contributed by atoms with Crippen LogP contribution in [0.25, 0.3) is 0 Å². The summed E-state index contributed by atoms with van der Waals surface area (Å²) in [6, 6.07) is 7.89. The van der Waals surface area contributed by atoms with E-state index in [0.29, 0.717) is 6.54 Å². The van der Waals surface area contributed by atoms with Crippen molar-refractivity contribution in [1.29, 1.82) is 0 Å². The van der Waals surface area contributed by atoms with E-state index in [0.717, 1.165) is 16.5 Å². The lowest BCUT2D eigenvalue weighted by Gasteiger charge is -2.14. The number of halogens is 1. The number of carboxylic acids is 1. The smallest absolute Gasteiger partial charge is 0.309 e. The van der Waals surface area contributed by atoms with Crippen LogP contribution in [0.4, 0.5) is 0 Å². The van der Waals surface area contributed by atoms with Crippen molar-refractivity contribution >= 4 is 21.9 Å². The third-order valence-electron chi connectivity index (χ3n) is 2.78. The van der Waals surface area contributed by atoms with Crippen molar-refractivity contribution < 1.29 is 9.90 Å². The molecule has 0 aliphatic carbocycles. The van der Waals surface area contributed by atoms with Crippen LogP contribution in [0.5, 0.6) is 0 Å². The molecular weight excluding hydrogens is 272 g/mol. The number of nitrogens with one attached hydrogen (secondary N) is 2. The van der Waals surface area contributed by atoms with Crippen molar-refractivity contribution in [2.45, 2.75) is 12.5 Å². The Kier molecular flexibility index (Phi) is 3.58. The van der Waals surface area contributed by atoms with Crippen LogP contribution in [0.15, 0.2) is 28.7 Å². The van der Waals surface area contributed by atoms with E-state index in [2.05, 4.69) is 26.8 Å². The molecule has 0 amide bonds. The van der Waals surface area contributed by atoms with Gasteiger partial charge in [-0.2, -0.15) is 0 Å². The van der Waals surface area contributed by atoms with Gasteiger partial charge in [0, 0.05) is 17.1 Å². The van der Waals surface area contributed by atoms with Gasteiger partial charge >= 0.3 is 5.97 Å². The number of benzene rings is 1. The molecule has 16 heavy (non-hydrogen) atoms. The molecule has 2 unspecified atom stereocenters. The number of hydrogen-bond donors (Lipinski definition) is 3. The third kappa shape index (κ3) is 2.61. The summed E-state index contributed by atoms with van der Waals surface area (Å²) in [6.45, 7) is 0.483. The summed E-state index contributed by atoms with van der Waals surface area (Å²) in [4.78, 5) is 11.0. The Morgan fingerprint density at radius 2 is 2.12 bits per heavy atom. The molecule has 1 saturated heterocycles. The largest absolute Gasteiger partial charge is 0.481 e. The maximum atomic E-state index is 11.0. The predicted octanol–water partition coefficient (Wildman–Crippen LogP) is 1.17. The number of hydrazine groups is 1. The first-order chi connectivity index (χ1) is 7.66. The molecule has 1 aliphatic heterocycles. The van der Waals surface area contributed by atoms with Crippen LogP contribution in [-0.4, -0.2) is 23.7 Å². The molecular formula is C11H13BrN2O2. The summed E-state index contributed by atoms with van der Waals surface area (Å²) in [5, 5.41) is 9.02. The first kappa shape index (κ1) is 11.6. The zero-order valence-corrected chi connectivity index (χ0v) is 10.2. The predicted molar refractivity (Wildman–Crippen MR) is 63.9 cm³/mol. The Hall–Kier alpha value is -0.910. The SMILES string of the molecule is O=C(O)C1CNNC1Cc1ccc(Br)cc1. The van der Waals surface area contributed by atoms with Gasteiger partial charge in [0.25, 0.3) is 0 Å². The van der Waals surface area contributed by atoms with Gasteiger partial charge in [0.2, 0.25) is 0 Å². The minimum atomic E-state index is -0.750. The summed E-state index contributed by atoms with van der Waals surface area (Å²) in [7, 11) is 0. The molecule has 86 valence electrons. The highest BCUT2D eigenvalue weighted by Crippen LogP contribution is 2.16. The lowest BCUT2D eigenvalue weighted by Crippen LogP contribution is -2.35. The van der Waals surface area contributed by atoms with Crippen molar-refractivity contribution in [3.8, 4) is 0 Å². The summed E-state index contributed by atoms with van der Waals surface area (Å²) in [6.07, 6.45) is 0.719.